The van der Waals surface area contributed by atoms with Gasteiger partial charge in [-0.05, 0) is 42.0 Å². The summed E-state index contributed by atoms with van der Waals surface area (Å²) in [6.45, 7) is 0. The topological polar surface area (TPSA) is 81.2 Å². The van der Waals surface area contributed by atoms with Crippen LogP contribution in [0.3, 0.4) is 0 Å². The Labute approximate surface area is 164 Å². The molecule has 0 atom stereocenters. The average Bonchev–Trinajstić information content (AvgIpc) is 2.68. The van der Waals surface area contributed by atoms with E-state index in [2.05, 4.69) is 14.7 Å². The third-order valence-corrected chi connectivity index (χ3v) is 4.97. The maximum Gasteiger partial charge on any atom is 0.261 e. The Hall–Kier alpha value is -2.90. The number of anilines is 1. The molecule has 3 aromatic rings. The fourth-order valence-corrected chi connectivity index (χ4v) is 3.35. The van der Waals surface area contributed by atoms with E-state index >= 15 is 0 Å². The minimum Gasteiger partial charge on any atom is -0.497 e. The van der Waals surface area contributed by atoms with Gasteiger partial charge in [0.25, 0.3) is 10.0 Å². The summed E-state index contributed by atoms with van der Waals surface area (Å²) in [6.07, 6.45) is 8.37. The van der Waals surface area contributed by atoms with E-state index < -0.39 is 10.0 Å². The lowest BCUT2D eigenvalue weighted by molar-refractivity contribution is 0.414. The molecule has 2 aromatic carbocycles. The molecule has 0 amide bonds. The van der Waals surface area contributed by atoms with Crippen molar-refractivity contribution in [3.05, 3.63) is 78.4 Å². The number of para-hydroxylation sites is 1. The highest BCUT2D eigenvalue weighted by molar-refractivity contribution is 7.92. The first-order valence-corrected chi connectivity index (χ1v) is 9.27. The van der Waals surface area contributed by atoms with Crippen molar-refractivity contribution in [2.75, 3.05) is 11.8 Å². The van der Waals surface area contributed by atoms with Crippen LogP contribution in [0.25, 0.3) is 12.2 Å². The minimum atomic E-state index is -3.71. The molecule has 0 aliphatic rings. The van der Waals surface area contributed by atoms with E-state index in [1.807, 2.05) is 12.1 Å². The first-order chi connectivity index (χ1) is 12.6. The third-order valence-electron chi connectivity index (χ3n) is 3.59. The van der Waals surface area contributed by atoms with E-state index in [9.17, 15) is 8.42 Å². The van der Waals surface area contributed by atoms with Crippen LogP contribution in [-0.4, -0.2) is 25.5 Å². The van der Waals surface area contributed by atoms with Crippen LogP contribution < -0.4 is 9.46 Å². The van der Waals surface area contributed by atoms with E-state index in [-0.39, 0.29) is 17.3 Å². The van der Waals surface area contributed by atoms with Crippen LogP contribution in [-0.2, 0) is 10.0 Å². The minimum absolute atomic E-state index is 0. The van der Waals surface area contributed by atoms with E-state index in [1.165, 1.54) is 19.2 Å². The summed E-state index contributed by atoms with van der Waals surface area (Å²) in [7, 11) is -2.18. The molecule has 6 nitrogen and oxygen atoms in total. The van der Waals surface area contributed by atoms with Gasteiger partial charge >= 0.3 is 0 Å². The lowest BCUT2D eigenvalue weighted by Crippen LogP contribution is -2.13. The lowest BCUT2D eigenvalue weighted by Gasteiger charge is -2.11. The second kappa shape index (κ2) is 9.16. The molecule has 27 heavy (non-hydrogen) atoms. The Kier molecular flexibility index (Phi) is 6.92. The molecule has 0 fully saturated rings. The molecule has 0 saturated heterocycles. The molecule has 0 radical (unpaired) electrons. The summed E-state index contributed by atoms with van der Waals surface area (Å²) in [5.41, 5.74) is 1.87. The number of rotatable bonds is 6. The molecule has 1 N–H and O–H groups in total. The van der Waals surface area contributed by atoms with Crippen LogP contribution in [0, 0.1) is 0 Å². The molecule has 0 bridgehead atoms. The number of benzene rings is 2. The van der Waals surface area contributed by atoms with E-state index in [1.54, 1.807) is 55.0 Å². The summed E-state index contributed by atoms with van der Waals surface area (Å²) in [5, 5.41) is 0. The molecular formula is C19H18ClN3O3S. The molecule has 0 spiro atoms. The van der Waals surface area contributed by atoms with Gasteiger partial charge in [0.1, 0.15) is 5.75 Å². The van der Waals surface area contributed by atoms with Gasteiger partial charge < -0.3 is 4.74 Å². The molecule has 8 heteroatoms. The predicted octanol–water partition coefficient (Wildman–Crippen LogP) is 3.88. The lowest BCUT2D eigenvalue weighted by atomic mass is 10.1. The van der Waals surface area contributed by atoms with E-state index in [4.69, 9.17) is 4.74 Å². The zero-order valence-electron chi connectivity index (χ0n) is 14.4. The van der Waals surface area contributed by atoms with Crippen LogP contribution >= 0.6 is 12.4 Å². The number of ether oxygens (including phenoxy) is 1. The number of methoxy groups -OCH3 is 1. The van der Waals surface area contributed by atoms with Crippen molar-refractivity contribution in [1.82, 2.24) is 9.97 Å². The molecule has 0 aliphatic heterocycles. The first-order valence-electron chi connectivity index (χ1n) is 7.78. The fourth-order valence-electron chi connectivity index (χ4n) is 2.27. The number of hydrogen-bond acceptors (Lipinski definition) is 5. The standard InChI is InChI=1S/C19H17N3O3S.ClH/c1-25-17-8-10-18(11-9-17)26(23,24)22-19-5-3-2-4-15(19)6-7-16-14-20-12-13-21-16;/h2-14,22H,1H3;1H. The van der Waals surface area contributed by atoms with Gasteiger partial charge in [-0.15, -0.1) is 12.4 Å². The Balaban J connectivity index is 0.00000261. The van der Waals surface area contributed by atoms with Crippen molar-refractivity contribution < 1.29 is 13.2 Å². The van der Waals surface area contributed by atoms with Gasteiger partial charge in [0.05, 0.1) is 29.6 Å². The Morgan fingerprint density at radius 3 is 2.41 bits per heavy atom. The zero-order valence-corrected chi connectivity index (χ0v) is 16.1. The Morgan fingerprint density at radius 1 is 1.00 bits per heavy atom. The van der Waals surface area contributed by atoms with Crippen molar-refractivity contribution in [3.8, 4) is 5.75 Å². The van der Waals surface area contributed by atoms with E-state index in [0.717, 1.165) is 5.56 Å². The highest BCUT2D eigenvalue weighted by Crippen LogP contribution is 2.23. The summed E-state index contributed by atoms with van der Waals surface area (Å²) >= 11 is 0. The highest BCUT2D eigenvalue weighted by atomic mass is 35.5. The molecule has 1 heterocycles. The van der Waals surface area contributed by atoms with Gasteiger partial charge in [0.2, 0.25) is 0 Å². The van der Waals surface area contributed by atoms with Crippen molar-refractivity contribution in [1.29, 1.82) is 0 Å². The zero-order chi connectivity index (χ0) is 18.4. The molecule has 0 aliphatic carbocycles. The summed E-state index contributed by atoms with van der Waals surface area (Å²) < 4.78 is 32.9. The van der Waals surface area contributed by atoms with Crippen molar-refractivity contribution in [2.24, 2.45) is 0 Å². The molecule has 0 saturated carbocycles. The summed E-state index contributed by atoms with van der Waals surface area (Å²) in [4.78, 5) is 8.32. The molecule has 1 aromatic heterocycles. The Morgan fingerprint density at radius 2 is 1.74 bits per heavy atom. The average molecular weight is 404 g/mol. The molecule has 0 unspecified atom stereocenters. The van der Waals surface area contributed by atoms with Gasteiger partial charge in [-0.3, -0.25) is 14.7 Å². The number of halogens is 1. The smallest absolute Gasteiger partial charge is 0.261 e. The van der Waals surface area contributed by atoms with Gasteiger partial charge in [0.15, 0.2) is 0 Å². The van der Waals surface area contributed by atoms with E-state index in [0.29, 0.717) is 17.1 Å². The van der Waals surface area contributed by atoms with Crippen LogP contribution in [0.1, 0.15) is 11.3 Å². The number of aromatic nitrogens is 2. The first kappa shape index (κ1) is 20.4. The number of nitrogens with zero attached hydrogens (tertiary/aromatic N) is 2. The highest BCUT2D eigenvalue weighted by Gasteiger charge is 2.15. The Bertz CT molecular complexity index is 1010. The normalized spacial score (nSPS) is 11.0. The van der Waals surface area contributed by atoms with Crippen molar-refractivity contribution in [3.63, 3.8) is 0 Å². The SMILES string of the molecule is COc1ccc(S(=O)(=O)Nc2ccccc2C=Cc2cnccn2)cc1.Cl. The van der Waals surface area contributed by atoms with Crippen LogP contribution in [0.4, 0.5) is 5.69 Å². The number of hydrogen-bond donors (Lipinski definition) is 1. The largest absolute Gasteiger partial charge is 0.497 e. The molecule has 3 rings (SSSR count). The quantitative estimate of drug-likeness (QED) is 0.675. The van der Waals surface area contributed by atoms with Crippen LogP contribution in [0.15, 0.2) is 72.0 Å². The number of nitrogens with one attached hydrogen (secondary N) is 1. The molecule has 140 valence electrons. The van der Waals surface area contributed by atoms with Gasteiger partial charge in [-0.2, -0.15) is 0 Å². The molecular weight excluding hydrogens is 386 g/mol. The van der Waals surface area contributed by atoms with Crippen LogP contribution in [0.5, 0.6) is 5.75 Å². The van der Waals surface area contributed by atoms with Crippen molar-refractivity contribution in [2.45, 2.75) is 4.90 Å². The predicted molar refractivity (Wildman–Crippen MR) is 108 cm³/mol. The maximum absolute atomic E-state index is 12.6. The second-order valence-electron chi connectivity index (χ2n) is 5.33. The fraction of sp³-hybridized carbons (Fsp3) is 0.0526. The second-order valence-corrected chi connectivity index (χ2v) is 7.01. The number of sulfonamides is 1. The van der Waals surface area contributed by atoms with Crippen molar-refractivity contribution >= 4 is 40.3 Å². The summed E-state index contributed by atoms with van der Waals surface area (Å²) in [5.74, 6) is 0.594. The maximum atomic E-state index is 12.6. The van der Waals surface area contributed by atoms with Gasteiger partial charge in [-0.25, -0.2) is 8.42 Å². The summed E-state index contributed by atoms with van der Waals surface area (Å²) in [6, 6.07) is 13.3. The third kappa shape index (κ3) is 5.29. The van der Waals surface area contributed by atoms with Crippen LogP contribution in [0.2, 0.25) is 0 Å². The monoisotopic (exact) mass is 403 g/mol. The van der Waals surface area contributed by atoms with Gasteiger partial charge in [0, 0.05) is 12.4 Å². The van der Waals surface area contributed by atoms with Gasteiger partial charge in [-0.1, -0.05) is 24.3 Å².